The molecule has 178 valence electrons. The molecule has 0 spiro atoms. The molecule has 0 aromatic heterocycles. The summed E-state index contributed by atoms with van der Waals surface area (Å²) in [4.78, 5) is 0. The number of phenolic OH excluding ortho intramolecular Hbond substituents is 1. The quantitative estimate of drug-likeness (QED) is 0.461. The van der Waals surface area contributed by atoms with E-state index in [9.17, 15) is 5.11 Å². The van der Waals surface area contributed by atoms with Crippen molar-refractivity contribution in [1.29, 1.82) is 0 Å². The maximum Gasteiger partial charge on any atom is 0.123 e. The van der Waals surface area contributed by atoms with Gasteiger partial charge in [0.05, 0.1) is 8.07 Å². The van der Waals surface area contributed by atoms with Crippen LogP contribution in [-0.4, -0.2) is 13.2 Å². The van der Waals surface area contributed by atoms with Gasteiger partial charge in [-0.1, -0.05) is 131 Å². The molecule has 0 fully saturated rings. The first-order valence-corrected chi connectivity index (χ1v) is 14.5. The van der Waals surface area contributed by atoms with Crippen LogP contribution in [0.1, 0.15) is 99.8 Å². The molecule has 0 atom stereocenters. The van der Waals surface area contributed by atoms with E-state index in [1.54, 1.807) is 5.19 Å². The van der Waals surface area contributed by atoms with E-state index in [0.29, 0.717) is 5.75 Å². The fourth-order valence-electron chi connectivity index (χ4n) is 5.92. The Hall–Kier alpha value is -1.54. The standard InChI is InChI=1S/C30H48OSi/c1-27(2,3)24-20-22(21-25(26(24)31)28(4,5)6)18-19-32(29(7,8)9,30(10,11)12)23-16-14-13-15-17-23/h13-17,20-21,31H,18-19H2,1-12H3. The van der Waals surface area contributed by atoms with Crippen LogP contribution < -0.4 is 5.19 Å². The summed E-state index contributed by atoms with van der Waals surface area (Å²) in [5.41, 5.74) is 3.31. The van der Waals surface area contributed by atoms with Gasteiger partial charge in [0.2, 0.25) is 0 Å². The highest BCUT2D eigenvalue weighted by atomic mass is 28.3. The van der Waals surface area contributed by atoms with E-state index in [1.165, 1.54) is 11.6 Å². The summed E-state index contributed by atoms with van der Waals surface area (Å²) in [7, 11) is -1.96. The Kier molecular flexibility index (Phi) is 7.23. The molecule has 0 aliphatic rings. The second-order valence-corrected chi connectivity index (χ2v) is 19.7. The number of hydrogen-bond acceptors (Lipinski definition) is 1. The molecular weight excluding hydrogens is 404 g/mol. The summed E-state index contributed by atoms with van der Waals surface area (Å²) in [5.74, 6) is 0.479. The molecule has 1 nitrogen and oxygen atoms in total. The molecular formula is C30H48OSi. The number of aromatic hydroxyl groups is 1. The van der Waals surface area contributed by atoms with Crippen LogP contribution in [0.3, 0.4) is 0 Å². The van der Waals surface area contributed by atoms with Crippen molar-refractivity contribution in [2.75, 3.05) is 0 Å². The van der Waals surface area contributed by atoms with Crippen molar-refractivity contribution in [2.45, 2.75) is 116 Å². The van der Waals surface area contributed by atoms with Gasteiger partial charge in [-0.25, -0.2) is 0 Å². The summed E-state index contributed by atoms with van der Waals surface area (Å²) >= 11 is 0. The first-order valence-electron chi connectivity index (χ1n) is 12.2. The van der Waals surface area contributed by atoms with Crippen molar-refractivity contribution in [1.82, 2.24) is 0 Å². The van der Waals surface area contributed by atoms with Gasteiger partial charge in [0.15, 0.2) is 0 Å². The first kappa shape index (κ1) is 26.7. The van der Waals surface area contributed by atoms with Crippen LogP contribution in [0.4, 0.5) is 0 Å². The van der Waals surface area contributed by atoms with E-state index < -0.39 is 8.07 Å². The van der Waals surface area contributed by atoms with E-state index in [2.05, 4.69) is 126 Å². The van der Waals surface area contributed by atoms with E-state index >= 15 is 0 Å². The number of benzene rings is 2. The molecule has 0 bridgehead atoms. The first-order chi connectivity index (χ1) is 14.3. The maximum atomic E-state index is 11.2. The van der Waals surface area contributed by atoms with Gasteiger partial charge in [0.1, 0.15) is 5.75 Å². The van der Waals surface area contributed by atoms with Crippen LogP contribution in [-0.2, 0) is 17.3 Å². The topological polar surface area (TPSA) is 20.2 Å². The normalized spacial score (nSPS) is 14.0. The zero-order valence-electron chi connectivity index (χ0n) is 22.9. The molecule has 0 amide bonds. The lowest BCUT2D eigenvalue weighted by Gasteiger charge is -2.53. The number of hydrogen-bond donors (Lipinski definition) is 1. The van der Waals surface area contributed by atoms with Crippen LogP contribution in [0.5, 0.6) is 5.75 Å². The Balaban J connectivity index is 2.67. The second kappa shape index (κ2) is 8.67. The molecule has 0 saturated carbocycles. The van der Waals surface area contributed by atoms with Gasteiger partial charge in [-0.2, -0.15) is 0 Å². The minimum absolute atomic E-state index is 0.0951. The largest absolute Gasteiger partial charge is 0.507 e. The molecule has 2 aromatic carbocycles. The predicted octanol–water partition coefficient (Wildman–Crippen LogP) is 8.49. The molecule has 0 unspecified atom stereocenters. The van der Waals surface area contributed by atoms with Crippen molar-refractivity contribution in [3.05, 3.63) is 59.2 Å². The smallest absolute Gasteiger partial charge is 0.123 e. The highest BCUT2D eigenvalue weighted by Crippen LogP contribution is 2.53. The molecule has 0 aliphatic heterocycles. The Morgan fingerprint density at radius 3 is 1.41 bits per heavy atom. The number of aryl methyl sites for hydroxylation is 1. The van der Waals surface area contributed by atoms with Gasteiger partial charge >= 0.3 is 0 Å². The van der Waals surface area contributed by atoms with E-state index in [-0.39, 0.29) is 20.9 Å². The molecule has 1 N–H and O–H groups in total. The van der Waals surface area contributed by atoms with Gasteiger partial charge < -0.3 is 5.11 Å². The SMILES string of the molecule is CC(C)(C)c1cc(CC[Si](c2ccccc2)(C(C)(C)C)C(C)(C)C)cc(C(C)(C)C)c1O. The van der Waals surface area contributed by atoms with Crippen LogP contribution in [0.15, 0.2) is 42.5 Å². The van der Waals surface area contributed by atoms with Gasteiger partial charge in [-0.3, -0.25) is 0 Å². The highest BCUT2D eigenvalue weighted by Gasteiger charge is 2.53. The van der Waals surface area contributed by atoms with Crippen molar-refractivity contribution >= 4 is 13.3 Å². The van der Waals surface area contributed by atoms with Gasteiger partial charge in [-0.05, 0) is 50.1 Å². The average Bonchev–Trinajstić information content (AvgIpc) is 2.59. The lowest BCUT2D eigenvalue weighted by Crippen LogP contribution is -2.61. The molecule has 0 heterocycles. The zero-order valence-corrected chi connectivity index (χ0v) is 23.9. The molecule has 2 heteroatoms. The van der Waals surface area contributed by atoms with E-state index in [1.807, 2.05) is 0 Å². The van der Waals surface area contributed by atoms with Crippen molar-refractivity contribution in [2.24, 2.45) is 0 Å². The summed E-state index contributed by atoms with van der Waals surface area (Å²) in [6, 6.07) is 17.1. The van der Waals surface area contributed by atoms with Crippen molar-refractivity contribution in [3.8, 4) is 5.75 Å². The molecule has 2 aromatic rings. The third kappa shape index (κ3) is 5.16. The lowest BCUT2D eigenvalue weighted by atomic mass is 9.78. The fraction of sp³-hybridized carbons (Fsp3) is 0.600. The minimum atomic E-state index is -1.96. The predicted molar refractivity (Wildman–Crippen MR) is 145 cm³/mol. The van der Waals surface area contributed by atoms with Gasteiger partial charge in [-0.15, -0.1) is 0 Å². The molecule has 2 rings (SSSR count). The average molecular weight is 453 g/mol. The van der Waals surface area contributed by atoms with Crippen molar-refractivity contribution in [3.63, 3.8) is 0 Å². The molecule has 32 heavy (non-hydrogen) atoms. The van der Waals surface area contributed by atoms with Crippen LogP contribution in [0, 0.1) is 0 Å². The van der Waals surface area contributed by atoms with E-state index in [0.717, 1.165) is 17.5 Å². The monoisotopic (exact) mass is 452 g/mol. The minimum Gasteiger partial charge on any atom is -0.507 e. The Bertz CT molecular complexity index is 864. The molecule has 0 saturated heterocycles. The Morgan fingerprint density at radius 2 is 1.06 bits per heavy atom. The summed E-state index contributed by atoms with van der Waals surface area (Å²) in [6.45, 7) is 27.9. The van der Waals surface area contributed by atoms with E-state index in [4.69, 9.17) is 0 Å². The van der Waals surface area contributed by atoms with Crippen molar-refractivity contribution < 1.29 is 5.11 Å². The number of rotatable bonds is 4. The lowest BCUT2D eigenvalue weighted by molar-refractivity contribution is 0.422. The summed E-state index contributed by atoms with van der Waals surface area (Å²) in [6.07, 6.45) is 1.04. The maximum absolute atomic E-state index is 11.2. The second-order valence-electron chi connectivity index (χ2n) is 13.8. The number of phenols is 1. The molecule has 0 radical (unpaired) electrons. The fourth-order valence-corrected chi connectivity index (χ4v) is 13.1. The van der Waals surface area contributed by atoms with Gasteiger partial charge in [0.25, 0.3) is 0 Å². The van der Waals surface area contributed by atoms with Gasteiger partial charge in [0, 0.05) is 0 Å². The highest BCUT2D eigenvalue weighted by molar-refractivity contribution is 6.96. The third-order valence-corrected chi connectivity index (χ3v) is 14.8. The Labute approximate surface area is 199 Å². The van der Waals surface area contributed by atoms with Crippen LogP contribution in [0.2, 0.25) is 16.1 Å². The zero-order chi connectivity index (χ0) is 24.8. The third-order valence-electron chi connectivity index (χ3n) is 7.40. The van der Waals surface area contributed by atoms with Crippen LogP contribution >= 0.6 is 0 Å². The van der Waals surface area contributed by atoms with Crippen LogP contribution in [0.25, 0.3) is 0 Å². The Morgan fingerprint density at radius 1 is 0.656 bits per heavy atom. The molecule has 0 aliphatic carbocycles. The summed E-state index contributed by atoms with van der Waals surface area (Å²) < 4.78 is 0. The summed E-state index contributed by atoms with van der Waals surface area (Å²) in [5, 5.41) is 13.2.